The number of carbonyl (C=O) groups is 2. The molecule has 2 aliphatic carbocycles. The average molecular weight is 513 g/mol. The molecule has 4 heterocycles. The number of piperidine rings is 4. The molecule has 6 N–H and O–H groups in total. The maximum absolute atomic E-state index is 10.7. The molecule has 0 spiro atoms. The van der Waals surface area contributed by atoms with Crippen LogP contribution in [-0.2, 0) is 9.59 Å². The zero-order valence-corrected chi connectivity index (χ0v) is 24.2. The summed E-state index contributed by atoms with van der Waals surface area (Å²) in [5.41, 5.74) is -1.89. The fourth-order valence-electron chi connectivity index (χ4n) is 6.93. The summed E-state index contributed by atoms with van der Waals surface area (Å²) >= 11 is 0. The van der Waals surface area contributed by atoms with Crippen LogP contribution in [0.2, 0.25) is 0 Å². The van der Waals surface area contributed by atoms with Gasteiger partial charge in [-0.1, -0.05) is 0 Å². The quantitative estimate of drug-likeness (QED) is 0.336. The Morgan fingerprint density at radius 2 is 0.944 bits per heavy atom. The third-order valence-corrected chi connectivity index (χ3v) is 10.00. The summed E-state index contributed by atoms with van der Waals surface area (Å²) in [4.78, 5) is 21.4. The van der Waals surface area contributed by atoms with E-state index in [0.717, 1.165) is 12.8 Å². The summed E-state index contributed by atoms with van der Waals surface area (Å²) < 4.78 is 0. The van der Waals surface area contributed by atoms with Gasteiger partial charge in [0.1, 0.15) is 0 Å². The maximum atomic E-state index is 10.7. The standard InChI is InChI=1S/2C10H19NO.C8H14O4/c2*1-9(2)7-4-5-10(3,11-9)6-8(7)12;1-7(2,5(9)10)8(3,4)6(11)12/h2*7-8,11-12H,4-6H2,1-3H3;1-4H3,(H,9,10)(H,11,12). The number of carboxylic acids is 2. The molecule has 36 heavy (non-hydrogen) atoms. The fourth-order valence-corrected chi connectivity index (χ4v) is 6.93. The molecule has 2 saturated carbocycles. The molecular formula is C28H52N2O6. The minimum atomic E-state index is -1.27. The Morgan fingerprint density at radius 3 is 1.11 bits per heavy atom. The molecule has 0 radical (unpaired) electrons. The van der Waals surface area contributed by atoms with Crippen molar-refractivity contribution >= 4 is 11.9 Å². The van der Waals surface area contributed by atoms with Gasteiger partial charge in [0.2, 0.25) is 0 Å². The first-order valence-electron chi connectivity index (χ1n) is 13.4. The van der Waals surface area contributed by atoms with Crippen molar-refractivity contribution in [2.45, 2.75) is 142 Å². The van der Waals surface area contributed by atoms with Gasteiger partial charge in [-0.05, 0) is 108 Å². The van der Waals surface area contributed by atoms with Crippen molar-refractivity contribution in [3.63, 3.8) is 0 Å². The number of hydrogen-bond acceptors (Lipinski definition) is 6. The number of nitrogens with one attached hydrogen (secondary N) is 2. The van der Waals surface area contributed by atoms with E-state index in [1.54, 1.807) is 0 Å². The van der Waals surface area contributed by atoms with Crippen LogP contribution < -0.4 is 10.6 Å². The minimum Gasteiger partial charge on any atom is -0.481 e. The van der Waals surface area contributed by atoms with Gasteiger partial charge in [0, 0.05) is 34.0 Å². The molecule has 4 aliphatic heterocycles. The van der Waals surface area contributed by atoms with Crippen molar-refractivity contribution < 1.29 is 30.0 Å². The van der Waals surface area contributed by atoms with Crippen molar-refractivity contribution in [2.75, 3.05) is 0 Å². The van der Waals surface area contributed by atoms with Gasteiger partial charge in [-0.25, -0.2) is 0 Å². The van der Waals surface area contributed by atoms with Gasteiger partial charge in [0.05, 0.1) is 23.0 Å². The molecule has 0 aromatic heterocycles. The molecule has 0 aromatic rings. The first-order chi connectivity index (χ1) is 16.0. The van der Waals surface area contributed by atoms with Crippen LogP contribution in [-0.4, -0.2) is 66.7 Å². The fraction of sp³-hybridized carbons (Fsp3) is 0.929. The Balaban J connectivity index is 0.000000190. The average Bonchev–Trinajstić information content (AvgIpc) is 2.65. The normalized spacial score (nSPS) is 38.2. The SMILES string of the molecule is CC(C)(C(=O)O)C(C)(C)C(=O)O.CC12CCC(C(O)C1)C(C)(C)N2.CC12CCC(C(O)C1)C(C)(C)N2. The predicted octanol–water partition coefficient (Wildman–Crippen LogP) is 3.78. The molecular weight excluding hydrogens is 460 g/mol. The van der Waals surface area contributed by atoms with Crippen LogP contribution in [0, 0.1) is 22.7 Å². The zero-order chi connectivity index (χ0) is 28.1. The molecule has 0 aromatic carbocycles. The van der Waals surface area contributed by atoms with E-state index in [-0.39, 0.29) is 34.4 Å². The molecule has 6 aliphatic rings. The number of hydrogen-bond donors (Lipinski definition) is 6. The molecule has 0 amide bonds. The van der Waals surface area contributed by atoms with Gasteiger partial charge >= 0.3 is 11.9 Å². The lowest BCUT2D eigenvalue weighted by Gasteiger charge is -2.57. The van der Waals surface area contributed by atoms with Crippen molar-refractivity contribution in [1.82, 2.24) is 10.6 Å². The van der Waals surface area contributed by atoms with E-state index in [4.69, 9.17) is 10.2 Å². The molecule has 210 valence electrons. The number of aliphatic hydroxyl groups is 2. The Kier molecular flexibility index (Phi) is 8.46. The Labute approximate surface area is 217 Å². The summed E-state index contributed by atoms with van der Waals surface area (Å²) in [6, 6.07) is 0. The number of carboxylic acid groups (broad SMARTS) is 2. The molecule has 8 heteroatoms. The van der Waals surface area contributed by atoms with E-state index in [1.807, 2.05) is 0 Å². The summed E-state index contributed by atoms with van der Waals surface area (Å²) in [6.07, 6.45) is 6.49. The summed E-state index contributed by atoms with van der Waals surface area (Å²) in [6.45, 7) is 18.9. The summed E-state index contributed by atoms with van der Waals surface area (Å²) in [5.74, 6) is -1.29. The first kappa shape index (κ1) is 31.0. The molecule has 6 rings (SSSR count). The highest BCUT2D eigenvalue weighted by atomic mass is 16.4. The van der Waals surface area contributed by atoms with Gasteiger partial charge < -0.3 is 31.1 Å². The highest BCUT2D eigenvalue weighted by Crippen LogP contribution is 2.45. The number of fused-ring (bicyclic) bond motifs is 6. The van der Waals surface area contributed by atoms with Crippen LogP contribution in [0.1, 0.15) is 108 Å². The largest absolute Gasteiger partial charge is 0.481 e. The molecule has 6 atom stereocenters. The van der Waals surface area contributed by atoms with Gasteiger partial charge in [-0.3, -0.25) is 9.59 Å². The molecule has 6 unspecified atom stereocenters. The van der Waals surface area contributed by atoms with E-state index in [9.17, 15) is 19.8 Å². The second-order valence-electron chi connectivity index (χ2n) is 14.5. The van der Waals surface area contributed by atoms with E-state index in [1.165, 1.54) is 53.4 Å². The summed E-state index contributed by atoms with van der Waals surface area (Å²) in [7, 11) is 0. The highest BCUT2D eigenvalue weighted by molar-refractivity contribution is 5.85. The Morgan fingerprint density at radius 1 is 0.667 bits per heavy atom. The summed E-state index contributed by atoms with van der Waals surface area (Å²) in [5, 5.41) is 44.5. The van der Waals surface area contributed by atoms with E-state index in [2.05, 4.69) is 52.2 Å². The van der Waals surface area contributed by atoms with E-state index >= 15 is 0 Å². The second kappa shape index (κ2) is 9.83. The van der Waals surface area contributed by atoms with Crippen LogP contribution in [0.5, 0.6) is 0 Å². The van der Waals surface area contributed by atoms with Crippen molar-refractivity contribution in [3.8, 4) is 0 Å². The maximum Gasteiger partial charge on any atom is 0.310 e. The van der Waals surface area contributed by atoms with Crippen molar-refractivity contribution in [2.24, 2.45) is 22.7 Å². The Hall–Kier alpha value is -1.22. The molecule has 6 fully saturated rings. The van der Waals surface area contributed by atoms with Crippen LogP contribution in [0.25, 0.3) is 0 Å². The Bertz CT molecular complexity index is 764. The minimum absolute atomic E-state index is 0.0833. The third kappa shape index (κ3) is 6.08. The van der Waals surface area contributed by atoms with Crippen LogP contribution in [0.4, 0.5) is 0 Å². The monoisotopic (exact) mass is 512 g/mol. The lowest BCUT2D eigenvalue weighted by Crippen LogP contribution is -2.69. The number of aliphatic carboxylic acids is 2. The molecule has 8 nitrogen and oxygen atoms in total. The van der Waals surface area contributed by atoms with Gasteiger partial charge in [-0.2, -0.15) is 0 Å². The molecule has 4 saturated heterocycles. The van der Waals surface area contributed by atoms with Gasteiger partial charge in [0.25, 0.3) is 0 Å². The third-order valence-electron chi connectivity index (χ3n) is 10.00. The highest BCUT2D eigenvalue weighted by Gasteiger charge is 2.52. The van der Waals surface area contributed by atoms with E-state index in [0.29, 0.717) is 11.8 Å². The van der Waals surface area contributed by atoms with Crippen molar-refractivity contribution in [3.05, 3.63) is 0 Å². The van der Waals surface area contributed by atoms with Crippen molar-refractivity contribution in [1.29, 1.82) is 0 Å². The van der Waals surface area contributed by atoms with Crippen LogP contribution in [0.3, 0.4) is 0 Å². The van der Waals surface area contributed by atoms with Gasteiger partial charge in [-0.15, -0.1) is 0 Å². The van der Waals surface area contributed by atoms with E-state index < -0.39 is 22.8 Å². The lowest BCUT2D eigenvalue weighted by molar-refractivity contribution is -0.167. The number of rotatable bonds is 3. The van der Waals surface area contributed by atoms with Gasteiger partial charge in [0.15, 0.2) is 0 Å². The number of aliphatic hydroxyl groups excluding tert-OH is 2. The first-order valence-corrected chi connectivity index (χ1v) is 13.4. The van der Waals surface area contributed by atoms with Crippen LogP contribution in [0.15, 0.2) is 0 Å². The smallest absolute Gasteiger partial charge is 0.310 e. The second-order valence-corrected chi connectivity index (χ2v) is 14.5. The lowest BCUT2D eigenvalue weighted by atomic mass is 9.63. The van der Waals surface area contributed by atoms with Crippen LogP contribution >= 0.6 is 0 Å². The molecule has 4 bridgehead atoms. The topological polar surface area (TPSA) is 139 Å². The zero-order valence-electron chi connectivity index (χ0n) is 24.2. The predicted molar refractivity (Wildman–Crippen MR) is 141 cm³/mol.